The second kappa shape index (κ2) is 5.18. The smallest absolute Gasteiger partial charge is 0.273 e. The van der Waals surface area contributed by atoms with Gasteiger partial charge in [-0.3, -0.25) is 10.1 Å². The van der Waals surface area contributed by atoms with E-state index in [1.165, 1.54) is 11.3 Å². The summed E-state index contributed by atoms with van der Waals surface area (Å²) in [4.78, 5) is 14.6. The van der Waals surface area contributed by atoms with Gasteiger partial charge in [0.05, 0.1) is 0 Å². The SMILES string of the molecule is CC(C)Cc1nnc(NC(=O)c2cc(N)c[nH]2)s1. The molecule has 0 fully saturated rings. The van der Waals surface area contributed by atoms with Gasteiger partial charge in [-0.05, 0) is 12.0 Å². The van der Waals surface area contributed by atoms with Crippen molar-refractivity contribution in [1.29, 1.82) is 0 Å². The molecule has 0 aliphatic carbocycles. The Labute approximate surface area is 109 Å². The molecule has 0 aromatic carbocycles. The molecule has 0 bridgehead atoms. The van der Waals surface area contributed by atoms with E-state index in [1.54, 1.807) is 12.3 Å². The molecule has 6 nitrogen and oxygen atoms in total. The van der Waals surface area contributed by atoms with E-state index in [0.717, 1.165) is 11.4 Å². The number of carbonyl (C=O) groups excluding carboxylic acids is 1. The largest absolute Gasteiger partial charge is 0.397 e. The molecular weight excluding hydrogens is 250 g/mol. The van der Waals surface area contributed by atoms with Crippen molar-refractivity contribution in [2.24, 2.45) is 5.92 Å². The molecule has 0 unspecified atom stereocenters. The molecule has 1 amide bonds. The molecule has 0 atom stereocenters. The highest BCUT2D eigenvalue weighted by Crippen LogP contribution is 2.19. The molecule has 0 radical (unpaired) electrons. The number of nitrogens with two attached hydrogens (primary N) is 1. The molecular formula is C11H15N5OS. The molecule has 0 saturated carbocycles. The maximum Gasteiger partial charge on any atom is 0.273 e. The molecule has 0 aliphatic heterocycles. The number of amides is 1. The third-order valence-electron chi connectivity index (χ3n) is 2.22. The number of anilines is 2. The van der Waals surface area contributed by atoms with Crippen LogP contribution in [0.2, 0.25) is 0 Å². The summed E-state index contributed by atoms with van der Waals surface area (Å²) in [5, 5.41) is 12.1. The van der Waals surface area contributed by atoms with Crippen LogP contribution in [0.4, 0.5) is 10.8 Å². The first-order chi connectivity index (χ1) is 8.54. The number of H-pyrrole nitrogens is 1. The Kier molecular flexibility index (Phi) is 3.61. The van der Waals surface area contributed by atoms with E-state index in [4.69, 9.17) is 5.73 Å². The zero-order valence-electron chi connectivity index (χ0n) is 10.2. The minimum absolute atomic E-state index is 0.265. The zero-order valence-corrected chi connectivity index (χ0v) is 11.0. The van der Waals surface area contributed by atoms with Crippen LogP contribution in [0, 0.1) is 5.92 Å². The fourth-order valence-electron chi connectivity index (χ4n) is 1.44. The number of nitrogens with zero attached hydrogens (tertiary/aromatic N) is 2. The maximum atomic E-state index is 11.8. The highest BCUT2D eigenvalue weighted by molar-refractivity contribution is 7.15. The van der Waals surface area contributed by atoms with Gasteiger partial charge >= 0.3 is 0 Å². The molecule has 2 aromatic rings. The van der Waals surface area contributed by atoms with Gasteiger partial charge in [-0.15, -0.1) is 10.2 Å². The Balaban J connectivity index is 2.01. The van der Waals surface area contributed by atoms with Crippen molar-refractivity contribution in [3.8, 4) is 0 Å². The number of aromatic nitrogens is 3. The van der Waals surface area contributed by atoms with E-state index in [0.29, 0.717) is 22.4 Å². The van der Waals surface area contributed by atoms with Crippen molar-refractivity contribution in [3.63, 3.8) is 0 Å². The van der Waals surface area contributed by atoms with Crippen molar-refractivity contribution < 1.29 is 4.79 Å². The Morgan fingerprint density at radius 1 is 1.56 bits per heavy atom. The minimum atomic E-state index is -0.265. The first kappa shape index (κ1) is 12.6. The number of nitrogens with one attached hydrogen (secondary N) is 2. The van der Waals surface area contributed by atoms with Gasteiger partial charge in [0.25, 0.3) is 5.91 Å². The first-order valence-corrected chi connectivity index (χ1v) is 6.44. The highest BCUT2D eigenvalue weighted by Gasteiger charge is 2.12. The van der Waals surface area contributed by atoms with Crippen molar-refractivity contribution >= 4 is 28.1 Å². The van der Waals surface area contributed by atoms with Gasteiger partial charge in [-0.1, -0.05) is 25.2 Å². The molecule has 0 saturated heterocycles. The van der Waals surface area contributed by atoms with E-state index in [1.807, 2.05) is 0 Å². The molecule has 0 aliphatic rings. The zero-order chi connectivity index (χ0) is 13.1. The molecule has 2 heterocycles. The average molecular weight is 265 g/mol. The lowest BCUT2D eigenvalue weighted by Gasteiger charge is -1.98. The summed E-state index contributed by atoms with van der Waals surface area (Å²) in [6.07, 6.45) is 2.43. The minimum Gasteiger partial charge on any atom is -0.397 e. The van der Waals surface area contributed by atoms with E-state index in [2.05, 4.69) is 34.3 Å². The summed E-state index contributed by atoms with van der Waals surface area (Å²) < 4.78 is 0. The van der Waals surface area contributed by atoms with Gasteiger partial charge in [0.2, 0.25) is 5.13 Å². The summed E-state index contributed by atoms with van der Waals surface area (Å²) in [7, 11) is 0. The standard InChI is InChI=1S/C11H15N5OS/c1-6(2)3-9-15-16-11(18-9)14-10(17)8-4-7(12)5-13-8/h4-6,13H,3,12H2,1-2H3,(H,14,16,17). The van der Waals surface area contributed by atoms with E-state index >= 15 is 0 Å². The molecule has 2 rings (SSSR count). The normalized spacial score (nSPS) is 10.8. The van der Waals surface area contributed by atoms with Crippen LogP contribution < -0.4 is 11.1 Å². The number of carbonyl (C=O) groups is 1. The summed E-state index contributed by atoms with van der Waals surface area (Å²) in [6.45, 7) is 4.22. The van der Waals surface area contributed by atoms with Gasteiger partial charge in [0.1, 0.15) is 10.7 Å². The Morgan fingerprint density at radius 3 is 2.94 bits per heavy atom. The lowest BCUT2D eigenvalue weighted by molar-refractivity contribution is 0.102. The van der Waals surface area contributed by atoms with Gasteiger partial charge in [-0.25, -0.2) is 0 Å². The summed E-state index contributed by atoms with van der Waals surface area (Å²) >= 11 is 1.39. The molecule has 0 spiro atoms. The number of hydrogen-bond donors (Lipinski definition) is 3. The van der Waals surface area contributed by atoms with Crippen LogP contribution in [0.3, 0.4) is 0 Å². The maximum absolute atomic E-state index is 11.8. The van der Waals surface area contributed by atoms with Gasteiger partial charge in [0.15, 0.2) is 0 Å². The van der Waals surface area contributed by atoms with E-state index < -0.39 is 0 Å². The van der Waals surface area contributed by atoms with Crippen LogP contribution in [0.1, 0.15) is 29.3 Å². The summed E-state index contributed by atoms with van der Waals surface area (Å²) in [5.74, 6) is 0.253. The van der Waals surface area contributed by atoms with Crippen molar-refractivity contribution in [2.75, 3.05) is 11.1 Å². The summed E-state index contributed by atoms with van der Waals surface area (Å²) in [5.41, 5.74) is 6.47. The number of rotatable bonds is 4. The van der Waals surface area contributed by atoms with Crippen LogP contribution in [0.15, 0.2) is 12.3 Å². The van der Waals surface area contributed by atoms with Crippen LogP contribution in [-0.2, 0) is 6.42 Å². The predicted molar refractivity (Wildman–Crippen MR) is 71.6 cm³/mol. The number of aromatic amines is 1. The average Bonchev–Trinajstić information content (AvgIpc) is 2.87. The Hall–Kier alpha value is -1.89. The van der Waals surface area contributed by atoms with Crippen molar-refractivity contribution in [3.05, 3.63) is 23.0 Å². The lowest BCUT2D eigenvalue weighted by atomic mass is 10.1. The fraction of sp³-hybridized carbons (Fsp3) is 0.364. The van der Waals surface area contributed by atoms with E-state index in [9.17, 15) is 4.79 Å². The second-order valence-corrected chi connectivity index (χ2v) is 5.46. The predicted octanol–water partition coefficient (Wildman–Crippen LogP) is 1.90. The second-order valence-electron chi connectivity index (χ2n) is 4.40. The third kappa shape index (κ3) is 3.07. The van der Waals surface area contributed by atoms with Crippen LogP contribution in [0.5, 0.6) is 0 Å². The number of nitrogen functional groups attached to an aromatic ring is 1. The Bertz CT molecular complexity index is 545. The number of hydrogen-bond acceptors (Lipinski definition) is 5. The van der Waals surface area contributed by atoms with Gasteiger partial charge in [-0.2, -0.15) is 0 Å². The van der Waals surface area contributed by atoms with Crippen molar-refractivity contribution in [2.45, 2.75) is 20.3 Å². The molecule has 2 aromatic heterocycles. The fourth-order valence-corrected chi connectivity index (χ4v) is 2.39. The first-order valence-electron chi connectivity index (χ1n) is 5.62. The van der Waals surface area contributed by atoms with Gasteiger partial charge in [0, 0.05) is 18.3 Å². The monoisotopic (exact) mass is 265 g/mol. The highest BCUT2D eigenvalue weighted by atomic mass is 32.1. The lowest BCUT2D eigenvalue weighted by Crippen LogP contribution is -2.11. The molecule has 18 heavy (non-hydrogen) atoms. The summed E-state index contributed by atoms with van der Waals surface area (Å²) in [6, 6.07) is 1.57. The van der Waals surface area contributed by atoms with Crippen molar-refractivity contribution in [1.82, 2.24) is 15.2 Å². The third-order valence-corrected chi connectivity index (χ3v) is 3.08. The molecule has 7 heteroatoms. The molecule has 4 N–H and O–H groups in total. The molecule has 96 valence electrons. The van der Waals surface area contributed by atoms with Crippen LogP contribution in [0.25, 0.3) is 0 Å². The Morgan fingerprint density at radius 2 is 2.33 bits per heavy atom. The quantitative estimate of drug-likeness (QED) is 0.786. The van der Waals surface area contributed by atoms with Gasteiger partial charge < -0.3 is 10.7 Å². The van der Waals surface area contributed by atoms with Crippen LogP contribution in [-0.4, -0.2) is 21.1 Å². The van der Waals surface area contributed by atoms with Crippen LogP contribution >= 0.6 is 11.3 Å². The topological polar surface area (TPSA) is 96.7 Å². The van der Waals surface area contributed by atoms with E-state index in [-0.39, 0.29) is 5.91 Å².